The van der Waals surface area contributed by atoms with Gasteiger partial charge in [-0.05, 0) is 37.0 Å². The van der Waals surface area contributed by atoms with Crippen molar-refractivity contribution in [1.82, 2.24) is 4.90 Å². The van der Waals surface area contributed by atoms with E-state index in [-0.39, 0.29) is 23.1 Å². The fourth-order valence-electron chi connectivity index (χ4n) is 2.27. The van der Waals surface area contributed by atoms with E-state index >= 15 is 0 Å². The van der Waals surface area contributed by atoms with Gasteiger partial charge >= 0.3 is 0 Å². The fourth-order valence-corrected chi connectivity index (χ4v) is 2.43. The highest BCUT2D eigenvalue weighted by Gasteiger charge is 2.27. The third-order valence-corrected chi connectivity index (χ3v) is 3.51. The van der Waals surface area contributed by atoms with Crippen molar-refractivity contribution < 1.29 is 14.3 Å². The van der Waals surface area contributed by atoms with Gasteiger partial charge in [-0.3, -0.25) is 4.79 Å². The highest BCUT2D eigenvalue weighted by Crippen LogP contribution is 2.23. The number of nitrogens with zero attached hydrogens (tertiary/aromatic N) is 1. The molecule has 1 aromatic rings. The maximum absolute atomic E-state index is 13.6. The molecule has 1 aliphatic heterocycles. The van der Waals surface area contributed by atoms with E-state index in [0.29, 0.717) is 25.4 Å². The Labute approximate surface area is 110 Å². The third-order valence-electron chi connectivity index (χ3n) is 3.27. The average molecular weight is 272 g/mol. The molecule has 0 bridgehead atoms. The van der Waals surface area contributed by atoms with Crippen LogP contribution in [-0.2, 0) is 0 Å². The van der Waals surface area contributed by atoms with Crippen LogP contribution in [0, 0.1) is 11.7 Å². The number of hydrogen-bond acceptors (Lipinski definition) is 2. The first kappa shape index (κ1) is 13.3. The second-order valence-electron chi connectivity index (χ2n) is 4.54. The van der Waals surface area contributed by atoms with Crippen LogP contribution in [0.15, 0.2) is 18.2 Å². The summed E-state index contributed by atoms with van der Waals surface area (Å²) in [6.45, 7) is 1.33. The smallest absolute Gasteiger partial charge is 0.256 e. The van der Waals surface area contributed by atoms with Gasteiger partial charge in [0.1, 0.15) is 5.82 Å². The normalized spacial score (nSPS) is 19.3. The van der Waals surface area contributed by atoms with Crippen molar-refractivity contribution in [3.63, 3.8) is 0 Å². The van der Waals surface area contributed by atoms with Crippen molar-refractivity contribution in [2.45, 2.75) is 12.8 Å². The molecule has 1 N–H and O–H groups in total. The largest absolute Gasteiger partial charge is 0.396 e. The number of aliphatic hydroxyl groups is 1. The van der Waals surface area contributed by atoms with Gasteiger partial charge in [0.25, 0.3) is 5.91 Å². The summed E-state index contributed by atoms with van der Waals surface area (Å²) >= 11 is 5.65. The molecule has 3 nitrogen and oxygen atoms in total. The average Bonchev–Trinajstić information content (AvgIpc) is 2.77. The zero-order valence-corrected chi connectivity index (χ0v) is 10.7. The van der Waals surface area contributed by atoms with E-state index in [1.165, 1.54) is 12.1 Å². The summed E-state index contributed by atoms with van der Waals surface area (Å²) in [7, 11) is 0. The van der Waals surface area contributed by atoms with Crippen LogP contribution in [0.1, 0.15) is 23.2 Å². The highest BCUT2D eigenvalue weighted by atomic mass is 35.5. The van der Waals surface area contributed by atoms with Crippen LogP contribution in [0.2, 0.25) is 5.02 Å². The molecule has 1 fully saturated rings. The van der Waals surface area contributed by atoms with E-state index in [0.717, 1.165) is 12.5 Å². The lowest BCUT2D eigenvalue weighted by molar-refractivity contribution is 0.0780. The molecule has 1 aliphatic rings. The zero-order valence-electron chi connectivity index (χ0n) is 9.90. The highest BCUT2D eigenvalue weighted by molar-refractivity contribution is 6.30. The van der Waals surface area contributed by atoms with Crippen molar-refractivity contribution in [2.75, 3.05) is 19.7 Å². The second kappa shape index (κ2) is 5.67. The maximum Gasteiger partial charge on any atom is 0.256 e. The Bertz CT molecular complexity index is 453. The van der Waals surface area contributed by atoms with E-state index in [1.54, 1.807) is 4.90 Å². The van der Waals surface area contributed by atoms with Crippen molar-refractivity contribution in [3.05, 3.63) is 34.6 Å². The number of likely N-dealkylation sites (tertiary alicyclic amines) is 1. The van der Waals surface area contributed by atoms with E-state index in [4.69, 9.17) is 16.7 Å². The molecule has 0 radical (unpaired) electrons. The van der Waals surface area contributed by atoms with Crippen LogP contribution in [0.25, 0.3) is 0 Å². The van der Waals surface area contributed by atoms with Gasteiger partial charge in [-0.15, -0.1) is 0 Å². The Morgan fingerprint density at radius 1 is 1.56 bits per heavy atom. The number of aliphatic hydroxyl groups excluding tert-OH is 1. The van der Waals surface area contributed by atoms with Gasteiger partial charge in [-0.25, -0.2) is 4.39 Å². The first-order chi connectivity index (χ1) is 8.61. The maximum atomic E-state index is 13.6. The summed E-state index contributed by atoms with van der Waals surface area (Å²) in [5.41, 5.74) is 0.0593. The molecule has 2 rings (SSSR count). The Morgan fingerprint density at radius 3 is 3.00 bits per heavy atom. The second-order valence-corrected chi connectivity index (χ2v) is 4.98. The third kappa shape index (κ3) is 2.82. The Kier molecular flexibility index (Phi) is 4.19. The molecule has 1 saturated heterocycles. The molecule has 98 valence electrons. The number of benzene rings is 1. The summed E-state index contributed by atoms with van der Waals surface area (Å²) in [5.74, 6) is -0.572. The van der Waals surface area contributed by atoms with E-state index in [9.17, 15) is 9.18 Å². The minimum atomic E-state index is -0.585. The van der Waals surface area contributed by atoms with Gasteiger partial charge in [0, 0.05) is 24.7 Å². The number of carbonyl (C=O) groups excluding carboxylic acids is 1. The molecule has 1 heterocycles. The fraction of sp³-hybridized carbons (Fsp3) is 0.462. The molecular formula is C13H15ClFNO2. The first-order valence-corrected chi connectivity index (χ1v) is 6.35. The molecule has 1 aromatic carbocycles. The lowest BCUT2D eigenvalue weighted by atomic mass is 10.1. The van der Waals surface area contributed by atoms with E-state index in [1.807, 2.05) is 0 Å². The van der Waals surface area contributed by atoms with Crippen molar-refractivity contribution in [2.24, 2.45) is 5.92 Å². The number of amides is 1. The zero-order chi connectivity index (χ0) is 13.1. The summed E-state index contributed by atoms with van der Waals surface area (Å²) in [4.78, 5) is 13.7. The molecule has 0 spiro atoms. The van der Waals surface area contributed by atoms with Crippen LogP contribution in [0.3, 0.4) is 0 Å². The van der Waals surface area contributed by atoms with E-state index in [2.05, 4.69) is 0 Å². The predicted octanol–water partition coefficient (Wildman–Crippen LogP) is 2.32. The molecule has 0 aliphatic carbocycles. The summed E-state index contributed by atoms with van der Waals surface area (Å²) in [5, 5.41) is 9.15. The van der Waals surface area contributed by atoms with Gasteiger partial charge in [-0.1, -0.05) is 11.6 Å². The molecule has 1 atom stereocenters. The van der Waals surface area contributed by atoms with Crippen LogP contribution in [-0.4, -0.2) is 35.6 Å². The number of carbonyl (C=O) groups is 1. The molecule has 18 heavy (non-hydrogen) atoms. The van der Waals surface area contributed by atoms with E-state index < -0.39 is 5.82 Å². The minimum absolute atomic E-state index is 0.0593. The summed E-state index contributed by atoms with van der Waals surface area (Å²) in [6, 6.07) is 4.08. The Balaban J connectivity index is 2.08. The van der Waals surface area contributed by atoms with Gasteiger partial charge in [-0.2, -0.15) is 0 Å². The molecular weight excluding hydrogens is 257 g/mol. The SMILES string of the molecule is O=C(c1ccc(Cl)cc1F)N1CCC(CCO)C1. The molecule has 0 aromatic heterocycles. The lowest BCUT2D eigenvalue weighted by Gasteiger charge is -2.16. The standard InChI is InChI=1S/C13H15ClFNO2/c14-10-1-2-11(12(15)7-10)13(18)16-5-3-9(8-16)4-6-17/h1-2,7,9,17H,3-6,8H2. The number of hydrogen-bond donors (Lipinski definition) is 1. The Hall–Kier alpha value is -1.13. The monoisotopic (exact) mass is 271 g/mol. The van der Waals surface area contributed by atoms with Crippen molar-refractivity contribution in [1.29, 1.82) is 0 Å². The van der Waals surface area contributed by atoms with Crippen molar-refractivity contribution >= 4 is 17.5 Å². The van der Waals surface area contributed by atoms with Crippen LogP contribution in [0.4, 0.5) is 4.39 Å². The van der Waals surface area contributed by atoms with Crippen molar-refractivity contribution in [3.8, 4) is 0 Å². The Morgan fingerprint density at radius 2 is 2.33 bits per heavy atom. The number of rotatable bonds is 3. The van der Waals surface area contributed by atoms with Gasteiger partial charge < -0.3 is 10.0 Å². The van der Waals surface area contributed by atoms with Crippen LogP contribution >= 0.6 is 11.6 Å². The topological polar surface area (TPSA) is 40.5 Å². The predicted molar refractivity (Wildman–Crippen MR) is 67.1 cm³/mol. The quantitative estimate of drug-likeness (QED) is 0.917. The molecule has 1 unspecified atom stereocenters. The van der Waals surface area contributed by atoms with Gasteiger partial charge in [0.2, 0.25) is 0 Å². The van der Waals surface area contributed by atoms with Crippen LogP contribution < -0.4 is 0 Å². The lowest BCUT2D eigenvalue weighted by Crippen LogP contribution is -2.29. The summed E-state index contributed by atoms with van der Waals surface area (Å²) in [6.07, 6.45) is 1.55. The molecule has 1 amide bonds. The molecule has 0 saturated carbocycles. The summed E-state index contributed by atoms with van der Waals surface area (Å²) < 4.78 is 13.6. The first-order valence-electron chi connectivity index (χ1n) is 5.97. The van der Waals surface area contributed by atoms with Crippen LogP contribution in [0.5, 0.6) is 0 Å². The minimum Gasteiger partial charge on any atom is -0.396 e. The van der Waals surface area contributed by atoms with Gasteiger partial charge in [0.15, 0.2) is 0 Å². The van der Waals surface area contributed by atoms with Gasteiger partial charge in [0.05, 0.1) is 5.56 Å². The molecule has 5 heteroatoms. The number of halogens is 2.